The number of halogens is 1. The third kappa shape index (κ3) is 3.26. The van der Waals surface area contributed by atoms with Gasteiger partial charge in [0, 0.05) is 10.2 Å². The van der Waals surface area contributed by atoms with Gasteiger partial charge < -0.3 is 5.32 Å². The van der Waals surface area contributed by atoms with Crippen LogP contribution in [0, 0.1) is 0 Å². The Morgan fingerprint density at radius 3 is 2.64 bits per heavy atom. The molecule has 0 heterocycles. The van der Waals surface area contributed by atoms with Crippen LogP contribution in [-0.2, 0) is 0 Å². The molecule has 0 bridgehead atoms. The number of hydrogen-bond donors (Lipinski definition) is 2. The lowest BCUT2D eigenvalue weighted by atomic mass is 10.0. The highest BCUT2D eigenvalue weighted by molar-refractivity contribution is 9.10. The van der Waals surface area contributed by atoms with E-state index < -0.39 is 0 Å². The van der Waals surface area contributed by atoms with E-state index in [-0.39, 0.29) is 0 Å². The molecule has 1 nitrogen and oxygen atoms in total. The van der Waals surface area contributed by atoms with Crippen LogP contribution >= 0.6 is 40.8 Å². The molecule has 0 radical (unpaired) electrons. The molecule has 0 saturated carbocycles. The number of rotatable bonds is 2. The Balaban J connectivity index is 3.08. The van der Waals surface area contributed by atoms with Gasteiger partial charge >= 0.3 is 0 Å². The van der Waals surface area contributed by atoms with Crippen molar-refractivity contribution in [2.75, 3.05) is 5.32 Å². The van der Waals surface area contributed by atoms with Crippen LogP contribution in [-0.4, -0.2) is 4.32 Å². The van der Waals surface area contributed by atoms with E-state index in [0.29, 0.717) is 10.2 Å². The Labute approximate surface area is 104 Å². The van der Waals surface area contributed by atoms with Gasteiger partial charge in [-0.3, -0.25) is 0 Å². The summed E-state index contributed by atoms with van der Waals surface area (Å²) in [5, 5.41) is 3.06. The molecule has 14 heavy (non-hydrogen) atoms. The van der Waals surface area contributed by atoms with Crippen LogP contribution < -0.4 is 5.32 Å². The molecule has 0 aliphatic heterocycles. The fraction of sp³-hybridized carbons (Fsp3) is 0.300. The highest BCUT2D eigenvalue weighted by Gasteiger charge is 2.07. The van der Waals surface area contributed by atoms with Crippen molar-refractivity contribution in [3.05, 3.63) is 28.2 Å². The third-order valence-electron chi connectivity index (χ3n) is 1.88. The minimum atomic E-state index is 0.456. The Bertz CT molecular complexity index is 350. The summed E-state index contributed by atoms with van der Waals surface area (Å²) < 4.78 is 1.58. The predicted molar refractivity (Wildman–Crippen MR) is 73.4 cm³/mol. The molecule has 0 unspecified atom stereocenters. The van der Waals surface area contributed by atoms with Gasteiger partial charge in [-0.15, -0.1) is 12.6 Å². The molecule has 76 valence electrons. The third-order valence-corrected chi connectivity index (χ3v) is 2.58. The van der Waals surface area contributed by atoms with Gasteiger partial charge in [-0.25, -0.2) is 0 Å². The molecule has 0 atom stereocenters. The first-order valence-corrected chi connectivity index (χ1v) is 5.95. The van der Waals surface area contributed by atoms with Crippen molar-refractivity contribution in [2.24, 2.45) is 0 Å². The summed E-state index contributed by atoms with van der Waals surface area (Å²) in [4.78, 5) is 0. The van der Waals surface area contributed by atoms with Crippen LogP contribution in [0.15, 0.2) is 22.7 Å². The zero-order chi connectivity index (χ0) is 10.7. The van der Waals surface area contributed by atoms with E-state index in [4.69, 9.17) is 12.2 Å². The molecule has 1 N–H and O–H groups in total. The SMILES string of the molecule is CC(C)c1cc(Br)ccc1NC(=S)S. The van der Waals surface area contributed by atoms with Crippen LogP contribution in [0.4, 0.5) is 5.69 Å². The smallest absolute Gasteiger partial charge is 0.135 e. The summed E-state index contributed by atoms with van der Waals surface area (Å²) >= 11 is 12.4. The number of thiocarbonyl (C=S) groups is 1. The second-order valence-corrected chi connectivity index (χ2v) is 5.39. The Morgan fingerprint density at radius 2 is 2.14 bits per heavy atom. The molecule has 0 aliphatic carbocycles. The van der Waals surface area contributed by atoms with Crippen molar-refractivity contribution in [2.45, 2.75) is 19.8 Å². The maximum absolute atomic E-state index is 4.90. The van der Waals surface area contributed by atoms with Crippen molar-refractivity contribution >= 4 is 50.8 Å². The summed E-state index contributed by atoms with van der Waals surface area (Å²) in [7, 11) is 0. The van der Waals surface area contributed by atoms with Crippen LogP contribution in [0.1, 0.15) is 25.3 Å². The van der Waals surface area contributed by atoms with Crippen LogP contribution in [0.3, 0.4) is 0 Å². The first kappa shape index (κ1) is 12.0. The van der Waals surface area contributed by atoms with Gasteiger partial charge in [0.15, 0.2) is 0 Å². The van der Waals surface area contributed by atoms with Crippen LogP contribution in [0.5, 0.6) is 0 Å². The second kappa shape index (κ2) is 5.14. The topological polar surface area (TPSA) is 12.0 Å². The number of hydrogen-bond acceptors (Lipinski definition) is 1. The first-order valence-electron chi connectivity index (χ1n) is 4.30. The van der Waals surface area contributed by atoms with E-state index in [1.54, 1.807) is 0 Å². The van der Waals surface area contributed by atoms with Gasteiger partial charge in [0.05, 0.1) is 0 Å². The van der Waals surface area contributed by atoms with E-state index in [1.165, 1.54) is 5.56 Å². The van der Waals surface area contributed by atoms with E-state index in [2.05, 4.69) is 53.8 Å². The molecular weight excluding hydrogens is 278 g/mol. The average molecular weight is 290 g/mol. The summed E-state index contributed by atoms with van der Waals surface area (Å²) in [5.41, 5.74) is 2.26. The summed E-state index contributed by atoms with van der Waals surface area (Å²) in [5.74, 6) is 0.456. The number of benzene rings is 1. The van der Waals surface area contributed by atoms with Gasteiger partial charge in [0.1, 0.15) is 4.32 Å². The Hall–Kier alpha value is -0.0600. The number of anilines is 1. The largest absolute Gasteiger partial charge is 0.341 e. The fourth-order valence-electron chi connectivity index (χ4n) is 1.24. The lowest BCUT2D eigenvalue weighted by molar-refractivity contribution is 0.869. The van der Waals surface area contributed by atoms with Crippen molar-refractivity contribution in [1.82, 2.24) is 0 Å². The quantitative estimate of drug-likeness (QED) is 0.625. The zero-order valence-electron chi connectivity index (χ0n) is 8.04. The Kier molecular flexibility index (Phi) is 4.41. The highest BCUT2D eigenvalue weighted by Crippen LogP contribution is 2.27. The molecule has 1 aromatic rings. The molecule has 0 aliphatic rings. The van der Waals surface area contributed by atoms with E-state index in [0.717, 1.165) is 10.2 Å². The van der Waals surface area contributed by atoms with Gasteiger partial charge in [0.25, 0.3) is 0 Å². The number of thiol groups is 1. The molecule has 4 heteroatoms. The van der Waals surface area contributed by atoms with Gasteiger partial charge in [-0.2, -0.15) is 0 Å². The van der Waals surface area contributed by atoms with Crippen molar-refractivity contribution < 1.29 is 0 Å². The molecular formula is C10H12BrNS2. The molecule has 0 saturated heterocycles. The van der Waals surface area contributed by atoms with Gasteiger partial charge in [0.2, 0.25) is 0 Å². The van der Waals surface area contributed by atoms with Crippen LogP contribution in [0.2, 0.25) is 0 Å². The maximum Gasteiger partial charge on any atom is 0.135 e. The van der Waals surface area contributed by atoms with Gasteiger partial charge in [-0.1, -0.05) is 42.0 Å². The predicted octanol–water partition coefficient (Wildman–Crippen LogP) is 4.20. The number of nitrogens with one attached hydrogen (secondary N) is 1. The lowest BCUT2D eigenvalue weighted by Gasteiger charge is -2.13. The highest BCUT2D eigenvalue weighted by atomic mass is 79.9. The van der Waals surface area contributed by atoms with Crippen molar-refractivity contribution in [1.29, 1.82) is 0 Å². The Morgan fingerprint density at radius 1 is 1.50 bits per heavy atom. The standard InChI is InChI=1S/C10H12BrNS2/c1-6(2)8-5-7(11)3-4-9(8)12-10(13)14/h3-6H,1-2H3,(H2,12,13,14). The van der Waals surface area contributed by atoms with Crippen molar-refractivity contribution in [3.8, 4) is 0 Å². The zero-order valence-corrected chi connectivity index (χ0v) is 11.3. The first-order chi connectivity index (χ1) is 6.50. The molecule has 0 aromatic heterocycles. The van der Waals surface area contributed by atoms with E-state index in [9.17, 15) is 0 Å². The second-order valence-electron chi connectivity index (χ2n) is 3.32. The molecule has 1 aromatic carbocycles. The van der Waals surface area contributed by atoms with Gasteiger partial charge in [-0.05, 0) is 29.7 Å². The molecule has 0 spiro atoms. The van der Waals surface area contributed by atoms with Crippen molar-refractivity contribution in [3.63, 3.8) is 0 Å². The molecule has 0 fully saturated rings. The summed E-state index contributed by atoms with van der Waals surface area (Å²) in [6.45, 7) is 4.29. The summed E-state index contributed by atoms with van der Waals surface area (Å²) in [6.07, 6.45) is 0. The normalized spacial score (nSPS) is 10.4. The fourth-order valence-corrected chi connectivity index (χ4v) is 1.85. The monoisotopic (exact) mass is 289 g/mol. The molecule has 1 rings (SSSR count). The minimum Gasteiger partial charge on any atom is -0.341 e. The lowest BCUT2D eigenvalue weighted by Crippen LogP contribution is -2.04. The maximum atomic E-state index is 4.90. The minimum absolute atomic E-state index is 0.456. The summed E-state index contributed by atoms with van der Waals surface area (Å²) in [6, 6.07) is 6.08. The van der Waals surface area contributed by atoms with Crippen LogP contribution in [0.25, 0.3) is 0 Å². The average Bonchev–Trinajstić information content (AvgIpc) is 2.07. The van der Waals surface area contributed by atoms with E-state index in [1.807, 2.05) is 12.1 Å². The molecule has 0 amide bonds. The van der Waals surface area contributed by atoms with E-state index >= 15 is 0 Å².